The number of likely N-dealkylation sites (tertiary alicyclic amines) is 1. The van der Waals surface area contributed by atoms with E-state index in [1.165, 1.54) is 30.5 Å². The number of aromatic nitrogens is 3. The Morgan fingerprint density at radius 3 is 2.76 bits per heavy atom. The first-order chi connectivity index (χ1) is 22.3. The first-order valence-electron chi connectivity index (χ1n) is 16.3. The number of halogens is 2. The van der Waals surface area contributed by atoms with Crippen LogP contribution >= 0.6 is 0 Å². The third kappa shape index (κ3) is 5.29. The van der Waals surface area contributed by atoms with Gasteiger partial charge in [-0.2, -0.15) is 9.97 Å². The van der Waals surface area contributed by atoms with Crippen molar-refractivity contribution >= 4 is 27.5 Å². The number of nitrogens with zero attached hydrogens (tertiary/aromatic N) is 5. The van der Waals surface area contributed by atoms with Crippen LogP contribution in [0.4, 0.5) is 14.6 Å². The van der Waals surface area contributed by atoms with Crippen LogP contribution in [0, 0.1) is 35.3 Å². The molecule has 0 spiro atoms. The first kappa shape index (κ1) is 30.6. The molecule has 1 saturated carbocycles. The lowest BCUT2D eigenvalue weighted by Gasteiger charge is -2.44. The Labute approximate surface area is 267 Å². The number of pyridine rings is 1. The number of phenols is 1. The third-order valence-corrected chi connectivity index (χ3v) is 10.5. The first-order valence-corrected chi connectivity index (χ1v) is 16.3. The van der Waals surface area contributed by atoms with Crippen LogP contribution in [0.1, 0.15) is 56.9 Å². The van der Waals surface area contributed by atoms with Crippen LogP contribution in [0.25, 0.3) is 32.9 Å². The summed E-state index contributed by atoms with van der Waals surface area (Å²) in [7, 11) is 2.18. The van der Waals surface area contributed by atoms with Crippen molar-refractivity contribution in [1.82, 2.24) is 19.9 Å². The molecule has 3 atom stereocenters. The number of aliphatic hydroxyl groups is 1. The molecule has 4 aromatic rings. The van der Waals surface area contributed by atoms with Crippen molar-refractivity contribution in [2.24, 2.45) is 11.3 Å². The Hall–Kier alpha value is -4.07. The Balaban J connectivity index is 1.38. The number of phenolic OH excluding ortho intramolecular Hbond substituents is 1. The number of anilines is 1. The van der Waals surface area contributed by atoms with E-state index in [1.54, 1.807) is 0 Å². The Morgan fingerprint density at radius 2 is 1.93 bits per heavy atom. The topological polar surface area (TPSA) is 94.8 Å². The van der Waals surface area contributed by atoms with Gasteiger partial charge in [0.25, 0.3) is 0 Å². The zero-order valence-corrected chi connectivity index (χ0v) is 26.1. The normalized spacial score (nSPS) is 23.8. The van der Waals surface area contributed by atoms with Crippen molar-refractivity contribution in [3.05, 3.63) is 47.7 Å². The molecule has 2 aromatic carbocycles. The minimum Gasteiger partial charge on any atom is -0.508 e. The average Bonchev–Trinajstić information content (AvgIpc) is 3.35. The van der Waals surface area contributed by atoms with Gasteiger partial charge >= 0.3 is 6.01 Å². The lowest BCUT2D eigenvalue weighted by molar-refractivity contribution is 0.0133. The molecule has 3 aliphatic rings. The molecule has 0 bridgehead atoms. The predicted molar refractivity (Wildman–Crippen MR) is 174 cm³/mol. The SMILES string of the molecule is C#Cc1c(F)ccc2cc(O)cc(-c3ncc4c(N5CCCCC(CO)C5)nc(OC[C@]56CCC[C@H]5N(C)CCC6)nc4c3F)c12. The minimum absolute atomic E-state index is 0.00576. The molecule has 2 saturated heterocycles. The van der Waals surface area contributed by atoms with Crippen molar-refractivity contribution in [3.63, 3.8) is 0 Å². The fourth-order valence-corrected chi connectivity index (χ4v) is 8.22. The van der Waals surface area contributed by atoms with Gasteiger partial charge in [0.05, 0.1) is 17.6 Å². The van der Waals surface area contributed by atoms with Crippen LogP contribution in [-0.2, 0) is 0 Å². The van der Waals surface area contributed by atoms with E-state index >= 15 is 4.39 Å². The van der Waals surface area contributed by atoms with Gasteiger partial charge < -0.3 is 24.7 Å². The van der Waals surface area contributed by atoms with E-state index in [2.05, 4.69) is 32.7 Å². The molecule has 0 amide bonds. The third-order valence-electron chi connectivity index (χ3n) is 10.5. The fraction of sp³-hybridized carbons (Fsp3) is 0.472. The molecule has 10 heteroatoms. The lowest BCUT2D eigenvalue weighted by Crippen LogP contribution is -2.50. The molecule has 1 unspecified atom stereocenters. The van der Waals surface area contributed by atoms with Gasteiger partial charge in [-0.15, -0.1) is 6.42 Å². The van der Waals surface area contributed by atoms with Gasteiger partial charge in [-0.25, -0.2) is 8.78 Å². The molecular weight excluding hydrogens is 588 g/mol. The van der Waals surface area contributed by atoms with Crippen molar-refractivity contribution in [3.8, 4) is 35.4 Å². The summed E-state index contributed by atoms with van der Waals surface area (Å²) >= 11 is 0. The van der Waals surface area contributed by atoms with Crippen LogP contribution < -0.4 is 9.64 Å². The number of aromatic hydroxyl groups is 1. The zero-order chi connectivity index (χ0) is 32.0. The maximum Gasteiger partial charge on any atom is 0.319 e. The summed E-state index contributed by atoms with van der Waals surface area (Å²) in [6, 6.07) is 6.04. The predicted octanol–water partition coefficient (Wildman–Crippen LogP) is 6.05. The Bertz CT molecular complexity index is 1840. The van der Waals surface area contributed by atoms with E-state index in [4.69, 9.17) is 16.1 Å². The van der Waals surface area contributed by atoms with Crippen molar-refractivity contribution in [1.29, 1.82) is 0 Å². The van der Waals surface area contributed by atoms with E-state index in [9.17, 15) is 14.6 Å². The molecule has 3 fully saturated rings. The van der Waals surface area contributed by atoms with Crippen LogP contribution in [0.2, 0.25) is 0 Å². The molecule has 2 aromatic heterocycles. The van der Waals surface area contributed by atoms with E-state index < -0.39 is 11.6 Å². The summed E-state index contributed by atoms with van der Waals surface area (Å²) in [4.78, 5) is 18.5. The number of aliphatic hydroxyl groups excluding tert-OH is 1. The van der Waals surface area contributed by atoms with E-state index in [-0.39, 0.29) is 57.4 Å². The second-order valence-corrected chi connectivity index (χ2v) is 13.3. The number of benzene rings is 2. The maximum absolute atomic E-state index is 16.9. The molecule has 46 heavy (non-hydrogen) atoms. The number of hydrogen-bond donors (Lipinski definition) is 2. The smallest absolute Gasteiger partial charge is 0.319 e. The Morgan fingerprint density at radius 1 is 1.09 bits per heavy atom. The summed E-state index contributed by atoms with van der Waals surface area (Å²) in [5, 5.41) is 21.7. The van der Waals surface area contributed by atoms with Crippen molar-refractivity contribution < 1.29 is 23.7 Å². The van der Waals surface area contributed by atoms with Gasteiger partial charge in [-0.05, 0) is 81.6 Å². The number of piperidine rings is 1. The zero-order valence-electron chi connectivity index (χ0n) is 26.1. The van der Waals surface area contributed by atoms with Gasteiger partial charge in [0, 0.05) is 48.3 Å². The minimum atomic E-state index is -0.743. The molecular formula is C36H39F2N5O3. The molecule has 1 aliphatic carbocycles. The Kier molecular flexibility index (Phi) is 8.16. The van der Waals surface area contributed by atoms with Crippen LogP contribution in [-0.4, -0.2) is 76.0 Å². The second-order valence-electron chi connectivity index (χ2n) is 13.3. The summed E-state index contributed by atoms with van der Waals surface area (Å²) in [6.07, 6.45) is 15.5. The molecule has 2 N–H and O–H groups in total. The summed E-state index contributed by atoms with van der Waals surface area (Å²) in [5.41, 5.74) is 0.0275. The largest absolute Gasteiger partial charge is 0.508 e. The van der Waals surface area contributed by atoms with Crippen molar-refractivity contribution in [2.75, 3.05) is 44.8 Å². The van der Waals surface area contributed by atoms with Gasteiger partial charge in [0.15, 0.2) is 5.82 Å². The van der Waals surface area contributed by atoms with Gasteiger partial charge in [-0.3, -0.25) is 4.98 Å². The molecule has 8 nitrogen and oxygen atoms in total. The van der Waals surface area contributed by atoms with Crippen LogP contribution in [0.15, 0.2) is 30.5 Å². The number of rotatable bonds is 6. The van der Waals surface area contributed by atoms with E-state index in [1.807, 2.05) is 0 Å². The highest BCUT2D eigenvalue weighted by molar-refractivity contribution is 6.03. The number of ether oxygens (including phenoxy) is 1. The summed E-state index contributed by atoms with van der Waals surface area (Å²) < 4.78 is 38.1. The lowest BCUT2D eigenvalue weighted by atomic mass is 9.76. The molecule has 0 radical (unpaired) electrons. The highest BCUT2D eigenvalue weighted by Gasteiger charge is 2.47. The van der Waals surface area contributed by atoms with Gasteiger partial charge in [-0.1, -0.05) is 24.8 Å². The highest BCUT2D eigenvalue weighted by atomic mass is 19.1. The van der Waals surface area contributed by atoms with Crippen LogP contribution in [0.5, 0.6) is 11.8 Å². The van der Waals surface area contributed by atoms with E-state index in [0.29, 0.717) is 42.3 Å². The molecule has 240 valence electrons. The fourth-order valence-electron chi connectivity index (χ4n) is 8.22. The quantitative estimate of drug-likeness (QED) is 0.250. The number of terminal acetylenes is 1. The van der Waals surface area contributed by atoms with Gasteiger partial charge in [0.1, 0.15) is 28.6 Å². The maximum atomic E-state index is 16.9. The van der Waals surface area contributed by atoms with Crippen molar-refractivity contribution in [2.45, 2.75) is 57.4 Å². The number of fused-ring (bicyclic) bond motifs is 3. The monoisotopic (exact) mass is 627 g/mol. The highest BCUT2D eigenvalue weighted by Crippen LogP contribution is 2.47. The summed E-state index contributed by atoms with van der Waals surface area (Å²) in [6.45, 7) is 2.80. The van der Waals surface area contributed by atoms with Crippen LogP contribution in [0.3, 0.4) is 0 Å². The average molecular weight is 628 g/mol. The van der Waals surface area contributed by atoms with Gasteiger partial charge in [0.2, 0.25) is 0 Å². The molecule has 2 aliphatic heterocycles. The standard InChI is InChI=1S/C36H39F2N5O3/c1-3-25-28(37)11-10-23-16-24(45)17-26(30(23)25)32-31(38)33-27(18-39-32)34(43-15-5-4-8-22(19-43)20-44)41-35(40-33)46-21-36-12-6-9-29(36)42(2)14-7-13-36/h1,10-11,16-18,22,29,44-45H,4-9,12-15,19-21H2,2H3/t22?,29-,36-/m1/s1. The number of hydrogen-bond acceptors (Lipinski definition) is 8. The molecule has 4 heterocycles. The second kappa shape index (κ2) is 12.3. The van der Waals surface area contributed by atoms with E-state index in [0.717, 1.165) is 57.9 Å². The summed E-state index contributed by atoms with van der Waals surface area (Å²) in [5.74, 6) is 1.45. The molecule has 7 rings (SSSR count).